The molecule has 0 unspecified atom stereocenters. The van der Waals surface area contributed by atoms with Crippen LogP contribution < -0.4 is 0 Å². The standard InChI is InChI=1S/C11H21O3P/c1-11(12)14-9-7-5-4-6-8-10-15(2,3)13/h6,8H,4-5,7,9-10H2,1-3H3. The topological polar surface area (TPSA) is 43.4 Å². The second-order valence-electron chi connectivity index (χ2n) is 4.06. The van der Waals surface area contributed by atoms with Crippen LogP contribution in [0.3, 0.4) is 0 Å². The van der Waals surface area contributed by atoms with Gasteiger partial charge < -0.3 is 9.30 Å². The molecule has 0 rings (SSSR count). The highest BCUT2D eigenvalue weighted by Gasteiger charge is 2.01. The van der Waals surface area contributed by atoms with E-state index in [1.54, 1.807) is 13.3 Å². The van der Waals surface area contributed by atoms with Crippen molar-refractivity contribution in [1.29, 1.82) is 0 Å². The summed E-state index contributed by atoms with van der Waals surface area (Å²) in [5.41, 5.74) is 0. The van der Waals surface area contributed by atoms with Crippen molar-refractivity contribution in [1.82, 2.24) is 0 Å². The van der Waals surface area contributed by atoms with Crippen molar-refractivity contribution in [3.8, 4) is 0 Å². The predicted molar refractivity (Wildman–Crippen MR) is 63.9 cm³/mol. The van der Waals surface area contributed by atoms with Crippen LogP contribution >= 0.6 is 7.14 Å². The third-order valence-corrected chi connectivity index (χ3v) is 2.87. The first kappa shape index (κ1) is 14.4. The summed E-state index contributed by atoms with van der Waals surface area (Å²) < 4.78 is 16.1. The first-order valence-electron chi connectivity index (χ1n) is 5.24. The number of ether oxygens (including phenoxy) is 1. The van der Waals surface area contributed by atoms with Crippen molar-refractivity contribution < 1.29 is 14.1 Å². The fourth-order valence-corrected chi connectivity index (χ4v) is 1.68. The zero-order chi connectivity index (χ0) is 11.7. The van der Waals surface area contributed by atoms with E-state index >= 15 is 0 Å². The second-order valence-corrected chi connectivity index (χ2v) is 7.58. The second kappa shape index (κ2) is 7.70. The molecule has 3 nitrogen and oxygen atoms in total. The maximum atomic E-state index is 11.3. The summed E-state index contributed by atoms with van der Waals surface area (Å²) in [7, 11) is -1.90. The van der Waals surface area contributed by atoms with Gasteiger partial charge in [0.15, 0.2) is 0 Å². The molecule has 88 valence electrons. The fraction of sp³-hybridized carbons (Fsp3) is 0.727. The Kier molecular flexibility index (Phi) is 7.41. The van der Waals surface area contributed by atoms with Gasteiger partial charge in [0, 0.05) is 13.1 Å². The van der Waals surface area contributed by atoms with E-state index in [2.05, 4.69) is 0 Å². The molecule has 0 N–H and O–H groups in total. The number of carbonyl (C=O) groups is 1. The molecule has 0 aromatic heterocycles. The molecule has 0 spiro atoms. The van der Waals surface area contributed by atoms with Crippen LogP contribution in [0.2, 0.25) is 0 Å². The lowest BCUT2D eigenvalue weighted by Gasteiger charge is -2.01. The van der Waals surface area contributed by atoms with Gasteiger partial charge >= 0.3 is 5.97 Å². The minimum absolute atomic E-state index is 0.219. The fourth-order valence-electron chi connectivity index (χ4n) is 1.03. The van der Waals surface area contributed by atoms with Gasteiger partial charge in [-0.2, -0.15) is 0 Å². The van der Waals surface area contributed by atoms with Crippen molar-refractivity contribution >= 4 is 13.1 Å². The lowest BCUT2D eigenvalue weighted by atomic mass is 10.2. The minimum Gasteiger partial charge on any atom is -0.466 e. The van der Waals surface area contributed by atoms with Gasteiger partial charge in [-0.25, -0.2) is 0 Å². The van der Waals surface area contributed by atoms with E-state index in [0.29, 0.717) is 12.8 Å². The van der Waals surface area contributed by atoms with Gasteiger partial charge in [-0.3, -0.25) is 4.79 Å². The number of hydrogen-bond donors (Lipinski definition) is 0. The maximum Gasteiger partial charge on any atom is 0.302 e. The first-order valence-corrected chi connectivity index (χ1v) is 8.03. The molecule has 0 atom stereocenters. The van der Waals surface area contributed by atoms with Gasteiger partial charge in [-0.1, -0.05) is 12.2 Å². The highest BCUT2D eigenvalue weighted by atomic mass is 31.2. The van der Waals surface area contributed by atoms with Gasteiger partial charge in [-0.05, 0) is 32.6 Å². The maximum absolute atomic E-state index is 11.3. The molecule has 0 aromatic carbocycles. The van der Waals surface area contributed by atoms with Gasteiger partial charge in [-0.15, -0.1) is 0 Å². The van der Waals surface area contributed by atoms with E-state index in [0.717, 1.165) is 19.3 Å². The van der Waals surface area contributed by atoms with Crippen LogP contribution in [0.1, 0.15) is 26.2 Å². The number of esters is 1. The zero-order valence-electron chi connectivity index (χ0n) is 9.86. The predicted octanol–water partition coefficient (Wildman–Crippen LogP) is 2.90. The molecule has 0 aliphatic carbocycles. The van der Waals surface area contributed by atoms with Crippen molar-refractivity contribution in [2.24, 2.45) is 0 Å². The summed E-state index contributed by atoms with van der Waals surface area (Å²) in [5.74, 6) is -0.219. The molecule has 0 radical (unpaired) electrons. The van der Waals surface area contributed by atoms with Gasteiger partial charge in [0.05, 0.1) is 13.7 Å². The Hall–Kier alpha value is -0.560. The Morgan fingerprint density at radius 1 is 1.27 bits per heavy atom. The number of carbonyl (C=O) groups excluding carboxylic acids is 1. The number of unbranched alkanes of at least 4 members (excludes halogenated alkanes) is 2. The van der Waals surface area contributed by atoms with Crippen molar-refractivity contribution in [2.75, 3.05) is 26.1 Å². The Bertz CT molecular complexity index is 253. The largest absolute Gasteiger partial charge is 0.466 e. The molecular weight excluding hydrogens is 211 g/mol. The molecule has 0 heterocycles. The van der Waals surface area contributed by atoms with Crippen molar-refractivity contribution in [2.45, 2.75) is 26.2 Å². The highest BCUT2D eigenvalue weighted by molar-refractivity contribution is 7.62. The summed E-state index contributed by atoms with van der Waals surface area (Å²) in [6, 6.07) is 0. The molecule has 4 heteroatoms. The first-order chi connectivity index (χ1) is 6.92. The van der Waals surface area contributed by atoms with Crippen LogP contribution in [0.15, 0.2) is 12.2 Å². The minimum atomic E-state index is -1.90. The molecule has 0 aromatic rings. The molecule has 0 saturated heterocycles. The quantitative estimate of drug-likeness (QED) is 0.293. The van der Waals surface area contributed by atoms with Crippen LogP contribution in [0.5, 0.6) is 0 Å². The van der Waals surface area contributed by atoms with E-state index in [1.807, 2.05) is 12.2 Å². The summed E-state index contributed by atoms with van der Waals surface area (Å²) >= 11 is 0. The van der Waals surface area contributed by atoms with E-state index in [1.165, 1.54) is 6.92 Å². The summed E-state index contributed by atoms with van der Waals surface area (Å²) in [5, 5.41) is 0. The molecule has 0 bridgehead atoms. The summed E-state index contributed by atoms with van der Waals surface area (Å²) in [6.07, 6.45) is 7.56. The number of hydrogen-bond acceptors (Lipinski definition) is 3. The van der Waals surface area contributed by atoms with E-state index in [4.69, 9.17) is 4.74 Å². The molecule has 0 saturated carbocycles. The third kappa shape index (κ3) is 13.4. The average molecular weight is 232 g/mol. The number of allylic oxidation sites excluding steroid dienone is 2. The van der Waals surface area contributed by atoms with E-state index < -0.39 is 7.14 Å². The van der Waals surface area contributed by atoms with E-state index in [-0.39, 0.29) is 5.97 Å². The Morgan fingerprint density at radius 3 is 2.47 bits per heavy atom. The van der Waals surface area contributed by atoms with Crippen LogP contribution in [0, 0.1) is 0 Å². The van der Waals surface area contributed by atoms with Gasteiger partial charge in [0.2, 0.25) is 0 Å². The number of rotatable bonds is 7. The Morgan fingerprint density at radius 2 is 1.93 bits per heavy atom. The lowest BCUT2D eigenvalue weighted by molar-refractivity contribution is -0.141. The SMILES string of the molecule is CC(=O)OCCCCC=CCP(C)(C)=O. The van der Waals surface area contributed by atoms with Crippen LogP contribution in [0.4, 0.5) is 0 Å². The zero-order valence-corrected chi connectivity index (χ0v) is 10.8. The van der Waals surface area contributed by atoms with E-state index in [9.17, 15) is 9.36 Å². The van der Waals surface area contributed by atoms with Crippen LogP contribution in [-0.2, 0) is 14.1 Å². The molecule has 0 aliphatic rings. The van der Waals surface area contributed by atoms with Crippen molar-refractivity contribution in [3.05, 3.63) is 12.2 Å². The smallest absolute Gasteiger partial charge is 0.302 e. The Labute approximate surface area is 92.3 Å². The van der Waals surface area contributed by atoms with Crippen molar-refractivity contribution in [3.63, 3.8) is 0 Å². The average Bonchev–Trinajstić information content (AvgIpc) is 2.07. The molecule has 0 amide bonds. The molecule has 0 fully saturated rings. The lowest BCUT2D eigenvalue weighted by Crippen LogP contribution is -1.99. The molecule has 0 aliphatic heterocycles. The monoisotopic (exact) mass is 232 g/mol. The Balaban J connectivity index is 3.31. The highest BCUT2D eigenvalue weighted by Crippen LogP contribution is 2.35. The normalized spacial score (nSPS) is 11.9. The molecule has 15 heavy (non-hydrogen) atoms. The summed E-state index contributed by atoms with van der Waals surface area (Å²) in [6.45, 7) is 5.50. The molecular formula is C11H21O3P. The van der Waals surface area contributed by atoms with Crippen LogP contribution in [-0.4, -0.2) is 32.1 Å². The summed E-state index contributed by atoms with van der Waals surface area (Å²) in [4.78, 5) is 10.4. The third-order valence-electron chi connectivity index (χ3n) is 1.78. The van der Waals surface area contributed by atoms with Gasteiger partial charge in [0.25, 0.3) is 0 Å². The van der Waals surface area contributed by atoms with Gasteiger partial charge in [0.1, 0.15) is 0 Å². The van der Waals surface area contributed by atoms with Crippen LogP contribution in [0.25, 0.3) is 0 Å².